The van der Waals surface area contributed by atoms with Crippen LogP contribution >= 0.6 is 15.9 Å². The Kier molecular flexibility index (Phi) is 5.18. The minimum atomic E-state index is 0.119. The van der Waals surface area contributed by atoms with Crippen LogP contribution in [0.5, 0.6) is 0 Å². The summed E-state index contributed by atoms with van der Waals surface area (Å²) in [6.07, 6.45) is 0. The third-order valence-electron chi connectivity index (χ3n) is 3.62. The second-order valence-corrected chi connectivity index (χ2v) is 6.02. The summed E-state index contributed by atoms with van der Waals surface area (Å²) in [7, 11) is 0. The van der Waals surface area contributed by atoms with Gasteiger partial charge in [-0.05, 0) is 23.6 Å². The highest BCUT2D eigenvalue weighted by molar-refractivity contribution is 9.10. The van der Waals surface area contributed by atoms with Gasteiger partial charge in [-0.25, -0.2) is 0 Å². The van der Waals surface area contributed by atoms with Gasteiger partial charge in [0.15, 0.2) is 0 Å². The molecule has 0 aromatic heterocycles. The molecule has 2 atom stereocenters. The molecule has 1 saturated heterocycles. The second kappa shape index (κ2) is 6.66. The lowest BCUT2D eigenvalue weighted by molar-refractivity contribution is 0.199. The Morgan fingerprint density at radius 2 is 1.89 bits per heavy atom. The van der Waals surface area contributed by atoms with E-state index < -0.39 is 0 Å². The molecule has 1 aliphatic rings. The largest absolute Gasteiger partial charge is 0.324 e. The summed E-state index contributed by atoms with van der Waals surface area (Å²) >= 11 is 3.46. The topological polar surface area (TPSA) is 41.3 Å². The first-order valence-corrected chi connectivity index (χ1v) is 7.40. The number of piperazine rings is 1. The Bertz CT molecular complexity index is 360. The SMILES string of the molecule is CC(CN1CCNCC1)C(N)c1ccc(Br)cc1. The third kappa shape index (κ3) is 3.79. The van der Waals surface area contributed by atoms with Gasteiger partial charge in [0, 0.05) is 43.2 Å². The van der Waals surface area contributed by atoms with Gasteiger partial charge in [-0.1, -0.05) is 35.0 Å². The van der Waals surface area contributed by atoms with Crippen LogP contribution in [0.2, 0.25) is 0 Å². The normalized spacial score (nSPS) is 20.6. The average molecular weight is 312 g/mol. The third-order valence-corrected chi connectivity index (χ3v) is 4.15. The number of rotatable bonds is 4. The fourth-order valence-corrected chi connectivity index (χ4v) is 2.69. The van der Waals surface area contributed by atoms with E-state index in [0.717, 1.165) is 37.2 Å². The van der Waals surface area contributed by atoms with E-state index in [1.807, 2.05) is 0 Å². The van der Waals surface area contributed by atoms with Crippen molar-refractivity contribution in [3.63, 3.8) is 0 Å². The van der Waals surface area contributed by atoms with Gasteiger partial charge in [-0.2, -0.15) is 0 Å². The van der Waals surface area contributed by atoms with Crippen molar-refractivity contribution in [1.29, 1.82) is 0 Å². The predicted octanol–water partition coefficient (Wildman–Crippen LogP) is 1.99. The highest BCUT2D eigenvalue weighted by atomic mass is 79.9. The van der Waals surface area contributed by atoms with E-state index in [9.17, 15) is 0 Å². The molecule has 100 valence electrons. The predicted molar refractivity (Wildman–Crippen MR) is 79.5 cm³/mol. The van der Waals surface area contributed by atoms with E-state index in [0.29, 0.717) is 5.92 Å². The van der Waals surface area contributed by atoms with Crippen molar-refractivity contribution < 1.29 is 0 Å². The van der Waals surface area contributed by atoms with Crippen molar-refractivity contribution in [3.05, 3.63) is 34.3 Å². The van der Waals surface area contributed by atoms with Crippen LogP contribution < -0.4 is 11.1 Å². The molecule has 2 unspecified atom stereocenters. The Morgan fingerprint density at radius 1 is 1.28 bits per heavy atom. The van der Waals surface area contributed by atoms with Crippen LogP contribution in [0.3, 0.4) is 0 Å². The number of nitrogens with one attached hydrogen (secondary N) is 1. The van der Waals surface area contributed by atoms with Crippen molar-refractivity contribution in [3.8, 4) is 0 Å². The highest BCUT2D eigenvalue weighted by Gasteiger charge is 2.19. The number of hydrogen-bond acceptors (Lipinski definition) is 3. The Hall–Kier alpha value is -0.420. The van der Waals surface area contributed by atoms with E-state index in [1.165, 1.54) is 5.56 Å². The molecule has 18 heavy (non-hydrogen) atoms. The molecule has 0 saturated carbocycles. The Morgan fingerprint density at radius 3 is 2.50 bits per heavy atom. The first-order valence-electron chi connectivity index (χ1n) is 6.61. The molecule has 0 aliphatic carbocycles. The van der Waals surface area contributed by atoms with Crippen LogP contribution in [-0.2, 0) is 0 Å². The summed E-state index contributed by atoms with van der Waals surface area (Å²) in [6, 6.07) is 8.47. The zero-order chi connectivity index (χ0) is 13.0. The molecule has 4 heteroatoms. The van der Waals surface area contributed by atoms with Crippen molar-refractivity contribution in [2.75, 3.05) is 32.7 Å². The fourth-order valence-electron chi connectivity index (χ4n) is 2.43. The summed E-state index contributed by atoms with van der Waals surface area (Å²) in [6.45, 7) is 7.79. The van der Waals surface area contributed by atoms with Crippen LogP contribution in [0.4, 0.5) is 0 Å². The summed E-state index contributed by atoms with van der Waals surface area (Å²) in [5.74, 6) is 0.476. The summed E-state index contributed by atoms with van der Waals surface area (Å²) in [5, 5.41) is 3.38. The molecular formula is C14H22BrN3. The smallest absolute Gasteiger partial charge is 0.0333 e. The summed E-state index contributed by atoms with van der Waals surface area (Å²) < 4.78 is 1.10. The lowest BCUT2D eigenvalue weighted by Gasteiger charge is -2.31. The van der Waals surface area contributed by atoms with Crippen LogP contribution in [-0.4, -0.2) is 37.6 Å². The first kappa shape index (κ1) is 14.0. The molecule has 1 aliphatic heterocycles. The number of halogens is 1. The molecule has 3 nitrogen and oxygen atoms in total. The molecule has 0 bridgehead atoms. The van der Waals surface area contributed by atoms with Crippen LogP contribution in [0.1, 0.15) is 18.5 Å². The Balaban J connectivity index is 1.91. The number of nitrogens with two attached hydrogens (primary N) is 1. The lowest BCUT2D eigenvalue weighted by Crippen LogP contribution is -2.46. The standard InChI is InChI=1S/C14H22BrN3/c1-11(10-18-8-6-17-7-9-18)14(16)12-2-4-13(15)5-3-12/h2-5,11,14,17H,6-10,16H2,1H3. The number of nitrogens with zero attached hydrogens (tertiary/aromatic N) is 1. The van der Waals surface area contributed by atoms with E-state index in [4.69, 9.17) is 5.73 Å². The van der Waals surface area contributed by atoms with Gasteiger partial charge in [0.2, 0.25) is 0 Å². The van der Waals surface area contributed by atoms with Gasteiger partial charge in [0.25, 0.3) is 0 Å². The quantitative estimate of drug-likeness (QED) is 0.893. The minimum absolute atomic E-state index is 0.119. The maximum atomic E-state index is 6.35. The average Bonchev–Trinajstić information content (AvgIpc) is 2.40. The van der Waals surface area contributed by atoms with Crippen LogP contribution in [0, 0.1) is 5.92 Å². The number of hydrogen-bond donors (Lipinski definition) is 2. The van der Waals surface area contributed by atoms with Gasteiger partial charge >= 0.3 is 0 Å². The molecule has 1 aromatic carbocycles. The van der Waals surface area contributed by atoms with Crippen LogP contribution in [0.25, 0.3) is 0 Å². The van der Waals surface area contributed by atoms with Crippen LogP contribution in [0.15, 0.2) is 28.7 Å². The lowest BCUT2D eigenvalue weighted by atomic mass is 9.95. The molecule has 1 heterocycles. The molecule has 1 aromatic rings. The van der Waals surface area contributed by atoms with Crippen molar-refractivity contribution in [2.45, 2.75) is 13.0 Å². The zero-order valence-corrected chi connectivity index (χ0v) is 12.5. The van der Waals surface area contributed by atoms with Gasteiger partial charge in [0.05, 0.1) is 0 Å². The first-order chi connectivity index (χ1) is 8.66. The number of benzene rings is 1. The van der Waals surface area contributed by atoms with Gasteiger partial charge in [-0.3, -0.25) is 0 Å². The fraction of sp³-hybridized carbons (Fsp3) is 0.571. The van der Waals surface area contributed by atoms with Crippen molar-refractivity contribution in [2.24, 2.45) is 11.7 Å². The monoisotopic (exact) mass is 311 g/mol. The maximum absolute atomic E-state index is 6.35. The molecule has 1 fully saturated rings. The molecule has 2 rings (SSSR count). The minimum Gasteiger partial charge on any atom is -0.324 e. The maximum Gasteiger partial charge on any atom is 0.0333 e. The Labute approximate surface area is 118 Å². The molecule has 3 N–H and O–H groups in total. The van der Waals surface area contributed by atoms with E-state index in [1.54, 1.807) is 0 Å². The second-order valence-electron chi connectivity index (χ2n) is 5.11. The molecule has 0 radical (unpaired) electrons. The van der Waals surface area contributed by atoms with E-state index >= 15 is 0 Å². The van der Waals surface area contributed by atoms with Gasteiger partial charge < -0.3 is 16.0 Å². The zero-order valence-electron chi connectivity index (χ0n) is 10.9. The summed E-state index contributed by atoms with van der Waals surface area (Å²) in [4.78, 5) is 2.50. The molecule has 0 amide bonds. The van der Waals surface area contributed by atoms with Crippen molar-refractivity contribution in [1.82, 2.24) is 10.2 Å². The summed E-state index contributed by atoms with van der Waals surface area (Å²) in [5.41, 5.74) is 7.57. The van der Waals surface area contributed by atoms with Crippen molar-refractivity contribution >= 4 is 15.9 Å². The van der Waals surface area contributed by atoms with E-state index in [-0.39, 0.29) is 6.04 Å². The van der Waals surface area contributed by atoms with Gasteiger partial charge in [0.1, 0.15) is 0 Å². The molecular weight excluding hydrogens is 290 g/mol. The molecule has 0 spiro atoms. The highest BCUT2D eigenvalue weighted by Crippen LogP contribution is 2.22. The van der Waals surface area contributed by atoms with Gasteiger partial charge in [-0.15, -0.1) is 0 Å². The van der Waals surface area contributed by atoms with E-state index in [2.05, 4.69) is 57.3 Å².